The van der Waals surface area contributed by atoms with Crippen LogP contribution in [0, 0.1) is 0 Å². The van der Waals surface area contributed by atoms with E-state index in [1.54, 1.807) is 79.2 Å². The van der Waals surface area contributed by atoms with E-state index in [1.807, 2.05) is 12.1 Å². The standard InChI is InChI=1S/C22H22O6S2/c1-25-21-22(29-12-13-30-22)18(28-20(24)16-10-6-3-7-11-16)17(27-21)14-26-19(23)15-8-4-2-5-9-15/h2-11,17-18,21H,12-14H2,1H3/t17-,18-,21?/m1/s1. The lowest BCUT2D eigenvalue weighted by Gasteiger charge is -2.31. The van der Waals surface area contributed by atoms with Gasteiger partial charge in [-0.15, -0.1) is 23.5 Å². The number of rotatable bonds is 6. The summed E-state index contributed by atoms with van der Waals surface area (Å²) in [6.45, 7) is -0.0385. The van der Waals surface area contributed by atoms with Gasteiger partial charge < -0.3 is 18.9 Å². The SMILES string of the molecule is COC1O[C@H](COC(=O)c2ccccc2)[C@@H](OC(=O)c2ccccc2)C12SCCS2. The van der Waals surface area contributed by atoms with Crippen LogP contribution in [0.4, 0.5) is 0 Å². The molecule has 2 aliphatic heterocycles. The molecule has 2 aromatic rings. The van der Waals surface area contributed by atoms with Crippen molar-refractivity contribution in [1.29, 1.82) is 0 Å². The minimum Gasteiger partial charge on any atom is -0.459 e. The molecule has 2 saturated heterocycles. The van der Waals surface area contributed by atoms with Gasteiger partial charge in [0.2, 0.25) is 0 Å². The number of hydrogen-bond acceptors (Lipinski definition) is 8. The normalized spacial score (nSPS) is 24.6. The van der Waals surface area contributed by atoms with Gasteiger partial charge in [0.15, 0.2) is 16.5 Å². The van der Waals surface area contributed by atoms with Crippen LogP contribution in [-0.4, -0.2) is 59.7 Å². The van der Waals surface area contributed by atoms with E-state index in [-0.39, 0.29) is 6.61 Å². The van der Waals surface area contributed by atoms with E-state index in [4.69, 9.17) is 18.9 Å². The Morgan fingerprint density at radius 3 is 2.10 bits per heavy atom. The highest BCUT2D eigenvalue weighted by Gasteiger charge is 2.62. The zero-order valence-electron chi connectivity index (χ0n) is 16.4. The van der Waals surface area contributed by atoms with E-state index in [0.29, 0.717) is 11.1 Å². The number of benzene rings is 2. The Labute approximate surface area is 183 Å². The molecule has 0 amide bonds. The lowest BCUT2D eigenvalue weighted by Crippen LogP contribution is -2.45. The molecule has 8 heteroatoms. The molecule has 6 nitrogen and oxygen atoms in total. The van der Waals surface area contributed by atoms with Crippen molar-refractivity contribution in [3.8, 4) is 0 Å². The van der Waals surface area contributed by atoms with Gasteiger partial charge in [0.1, 0.15) is 12.7 Å². The van der Waals surface area contributed by atoms with Crippen LogP contribution in [0.2, 0.25) is 0 Å². The van der Waals surface area contributed by atoms with E-state index in [0.717, 1.165) is 11.5 Å². The van der Waals surface area contributed by atoms with E-state index in [9.17, 15) is 9.59 Å². The van der Waals surface area contributed by atoms with Crippen LogP contribution in [0.5, 0.6) is 0 Å². The predicted octanol–water partition coefficient (Wildman–Crippen LogP) is 3.62. The van der Waals surface area contributed by atoms with Crippen LogP contribution >= 0.6 is 23.5 Å². The third-order valence-corrected chi connectivity index (χ3v) is 8.48. The quantitative estimate of drug-likeness (QED) is 0.623. The first-order chi connectivity index (χ1) is 14.6. The zero-order chi connectivity index (χ0) is 21.0. The van der Waals surface area contributed by atoms with Gasteiger partial charge in [0, 0.05) is 18.6 Å². The van der Waals surface area contributed by atoms with Crippen LogP contribution < -0.4 is 0 Å². The maximum atomic E-state index is 12.8. The number of carbonyl (C=O) groups is 2. The molecule has 0 aromatic heterocycles. The first kappa shape index (κ1) is 21.2. The highest BCUT2D eigenvalue weighted by molar-refractivity contribution is 8.21. The largest absolute Gasteiger partial charge is 0.459 e. The fourth-order valence-corrected chi connectivity index (χ4v) is 6.98. The number of methoxy groups -OCH3 is 1. The molecule has 1 unspecified atom stereocenters. The Balaban J connectivity index is 1.53. The van der Waals surface area contributed by atoms with Crippen molar-refractivity contribution < 1.29 is 28.5 Å². The van der Waals surface area contributed by atoms with Gasteiger partial charge in [-0.05, 0) is 24.3 Å². The molecule has 4 rings (SSSR count). The van der Waals surface area contributed by atoms with Crippen LogP contribution in [-0.2, 0) is 18.9 Å². The third-order valence-electron chi connectivity index (χ3n) is 4.95. The molecule has 158 valence electrons. The van der Waals surface area contributed by atoms with Gasteiger partial charge in [-0.3, -0.25) is 0 Å². The lowest BCUT2D eigenvalue weighted by atomic mass is 10.1. The number of carbonyl (C=O) groups excluding carboxylic acids is 2. The molecule has 0 saturated carbocycles. The Morgan fingerprint density at radius 1 is 0.967 bits per heavy atom. The first-order valence-corrected chi connectivity index (χ1v) is 11.6. The monoisotopic (exact) mass is 446 g/mol. The van der Waals surface area contributed by atoms with Crippen LogP contribution in [0.1, 0.15) is 20.7 Å². The molecule has 3 atom stereocenters. The Kier molecular flexibility index (Phi) is 6.67. The maximum absolute atomic E-state index is 12.8. The third kappa shape index (κ3) is 4.23. The highest BCUT2D eigenvalue weighted by Crippen LogP contribution is 2.56. The molecule has 30 heavy (non-hydrogen) atoms. The summed E-state index contributed by atoms with van der Waals surface area (Å²) >= 11 is 3.32. The van der Waals surface area contributed by atoms with Crippen molar-refractivity contribution >= 4 is 35.5 Å². The van der Waals surface area contributed by atoms with Gasteiger partial charge in [-0.2, -0.15) is 0 Å². The van der Waals surface area contributed by atoms with E-state index in [2.05, 4.69) is 0 Å². The number of esters is 2. The molecule has 2 aliphatic rings. The smallest absolute Gasteiger partial charge is 0.338 e. The molecule has 0 bridgehead atoms. The summed E-state index contributed by atoms with van der Waals surface area (Å²) in [4.78, 5) is 25.2. The van der Waals surface area contributed by atoms with Crippen LogP contribution in [0.15, 0.2) is 60.7 Å². The topological polar surface area (TPSA) is 71.1 Å². The summed E-state index contributed by atoms with van der Waals surface area (Å²) in [5.74, 6) is 0.898. The number of thioether (sulfide) groups is 2. The van der Waals surface area contributed by atoms with Crippen molar-refractivity contribution in [3.63, 3.8) is 0 Å². The van der Waals surface area contributed by atoms with Crippen molar-refractivity contribution in [2.45, 2.75) is 22.6 Å². The zero-order valence-corrected chi connectivity index (χ0v) is 18.0. The molecule has 0 aliphatic carbocycles. The van der Waals surface area contributed by atoms with E-state index in [1.165, 1.54) is 0 Å². The molecule has 2 heterocycles. The predicted molar refractivity (Wildman–Crippen MR) is 116 cm³/mol. The molecule has 2 aromatic carbocycles. The van der Waals surface area contributed by atoms with Crippen LogP contribution in [0.3, 0.4) is 0 Å². The second kappa shape index (κ2) is 9.43. The second-order valence-corrected chi connectivity index (χ2v) is 9.82. The molecule has 0 radical (unpaired) electrons. The summed E-state index contributed by atoms with van der Waals surface area (Å²) in [7, 11) is 1.57. The molecule has 0 N–H and O–H groups in total. The average Bonchev–Trinajstić information content (AvgIpc) is 3.39. The Morgan fingerprint density at radius 2 is 1.53 bits per heavy atom. The number of ether oxygens (including phenoxy) is 4. The van der Waals surface area contributed by atoms with E-state index >= 15 is 0 Å². The summed E-state index contributed by atoms with van der Waals surface area (Å²) in [6, 6.07) is 17.6. The lowest BCUT2D eigenvalue weighted by molar-refractivity contribution is -0.129. The van der Waals surface area contributed by atoms with Gasteiger partial charge >= 0.3 is 11.9 Å². The average molecular weight is 447 g/mol. The fourth-order valence-electron chi connectivity index (χ4n) is 3.54. The molecule has 1 spiro atoms. The summed E-state index contributed by atoms with van der Waals surface area (Å²) < 4.78 is 22.5. The van der Waals surface area contributed by atoms with Gasteiger partial charge in [0.05, 0.1) is 11.1 Å². The Hall–Kier alpha value is -2.00. The van der Waals surface area contributed by atoms with Crippen molar-refractivity contribution in [2.24, 2.45) is 0 Å². The second-order valence-electron chi connectivity index (χ2n) is 6.82. The van der Waals surface area contributed by atoms with Gasteiger partial charge in [-0.25, -0.2) is 9.59 Å². The van der Waals surface area contributed by atoms with E-state index < -0.39 is 34.5 Å². The van der Waals surface area contributed by atoms with Crippen molar-refractivity contribution in [1.82, 2.24) is 0 Å². The fraction of sp³-hybridized carbons (Fsp3) is 0.364. The van der Waals surface area contributed by atoms with Crippen LogP contribution in [0.25, 0.3) is 0 Å². The molecular weight excluding hydrogens is 424 g/mol. The summed E-state index contributed by atoms with van der Waals surface area (Å²) in [5, 5.41) is 0. The minimum atomic E-state index is -0.631. The highest BCUT2D eigenvalue weighted by atomic mass is 32.2. The molecule has 2 fully saturated rings. The van der Waals surface area contributed by atoms with Crippen molar-refractivity contribution in [2.75, 3.05) is 25.2 Å². The number of hydrogen-bond donors (Lipinski definition) is 0. The van der Waals surface area contributed by atoms with Gasteiger partial charge in [-0.1, -0.05) is 36.4 Å². The summed E-state index contributed by atoms with van der Waals surface area (Å²) in [5.41, 5.74) is 0.914. The molecular formula is C22H22O6S2. The summed E-state index contributed by atoms with van der Waals surface area (Å²) in [6.07, 6.45) is -1.84. The van der Waals surface area contributed by atoms with Gasteiger partial charge in [0.25, 0.3) is 0 Å². The van der Waals surface area contributed by atoms with Crippen molar-refractivity contribution in [3.05, 3.63) is 71.8 Å². The first-order valence-electron chi connectivity index (χ1n) is 9.58. The maximum Gasteiger partial charge on any atom is 0.338 e. The Bertz CT molecular complexity index is 870. The minimum absolute atomic E-state index is 0.0385.